The molecular formula is C24H44N10O5. The zero-order valence-electron chi connectivity index (χ0n) is 22.7. The SMILES string of the molecule is CC(C)CC(NC(=O)C(CCCN=C(N)N)NC(=O)C(N)Cc1cnc[nH]1)C(=O)NC(CCCCN)C(=O)O. The lowest BCUT2D eigenvalue weighted by Crippen LogP contribution is -2.57. The Morgan fingerprint density at radius 1 is 0.974 bits per heavy atom. The maximum atomic E-state index is 13.3. The highest BCUT2D eigenvalue weighted by molar-refractivity contribution is 5.94. The predicted octanol–water partition coefficient (Wildman–Crippen LogP) is -1.95. The van der Waals surface area contributed by atoms with Crippen LogP contribution in [0.2, 0.25) is 0 Å². The number of H-pyrrole nitrogens is 1. The van der Waals surface area contributed by atoms with Gasteiger partial charge in [0.25, 0.3) is 0 Å². The molecule has 0 saturated heterocycles. The largest absolute Gasteiger partial charge is 0.480 e. The Hall–Kier alpha value is -3.72. The van der Waals surface area contributed by atoms with Gasteiger partial charge < -0.3 is 49.0 Å². The minimum atomic E-state index is -1.17. The Morgan fingerprint density at radius 3 is 2.15 bits per heavy atom. The molecule has 220 valence electrons. The molecule has 0 aliphatic carbocycles. The molecule has 1 rings (SSSR count). The number of aliphatic imine (C=N–C) groups is 1. The molecule has 1 aromatic rings. The monoisotopic (exact) mass is 552 g/mol. The Bertz CT molecular complexity index is 934. The molecule has 0 aliphatic rings. The van der Waals surface area contributed by atoms with Crippen molar-refractivity contribution in [2.45, 2.75) is 83.0 Å². The number of hydrogen-bond donors (Lipinski definition) is 9. The quantitative estimate of drug-likeness (QED) is 0.0519. The van der Waals surface area contributed by atoms with Crippen LogP contribution in [0.5, 0.6) is 0 Å². The average molecular weight is 553 g/mol. The molecule has 0 saturated carbocycles. The summed E-state index contributed by atoms with van der Waals surface area (Å²) in [5.74, 6) is -3.08. The van der Waals surface area contributed by atoms with E-state index < -0.39 is 47.9 Å². The molecule has 0 spiro atoms. The van der Waals surface area contributed by atoms with Crippen LogP contribution in [0.3, 0.4) is 0 Å². The van der Waals surface area contributed by atoms with Gasteiger partial charge in [-0.3, -0.25) is 19.4 Å². The van der Waals surface area contributed by atoms with Crippen molar-refractivity contribution < 1.29 is 24.3 Å². The summed E-state index contributed by atoms with van der Waals surface area (Å²) < 4.78 is 0. The number of nitrogens with two attached hydrogens (primary N) is 4. The summed E-state index contributed by atoms with van der Waals surface area (Å²) in [7, 11) is 0. The first-order chi connectivity index (χ1) is 18.4. The van der Waals surface area contributed by atoms with E-state index in [1.54, 1.807) is 6.20 Å². The number of nitrogens with one attached hydrogen (secondary N) is 4. The number of carbonyl (C=O) groups excluding carboxylic acids is 3. The number of carboxylic acid groups (broad SMARTS) is 1. The van der Waals surface area contributed by atoms with E-state index in [1.165, 1.54) is 6.33 Å². The second-order valence-electron chi connectivity index (χ2n) is 9.77. The fraction of sp³-hybridized carbons (Fsp3) is 0.667. The van der Waals surface area contributed by atoms with Gasteiger partial charge in [-0.15, -0.1) is 0 Å². The van der Waals surface area contributed by atoms with E-state index in [-0.39, 0.29) is 44.1 Å². The third kappa shape index (κ3) is 13.6. The summed E-state index contributed by atoms with van der Waals surface area (Å²) in [5, 5.41) is 17.4. The van der Waals surface area contributed by atoms with Crippen LogP contribution in [0.15, 0.2) is 17.5 Å². The molecular weight excluding hydrogens is 508 g/mol. The first-order valence-electron chi connectivity index (χ1n) is 13.1. The molecule has 4 unspecified atom stereocenters. The number of carboxylic acids is 1. The summed E-state index contributed by atoms with van der Waals surface area (Å²) in [5.41, 5.74) is 22.9. The molecule has 15 heteroatoms. The van der Waals surface area contributed by atoms with Gasteiger partial charge in [0.1, 0.15) is 18.1 Å². The standard InChI is InChI=1S/C24H44N10O5/c1-14(2)10-19(22(37)33-18(23(38)39)6-3-4-8-25)34-21(36)17(7-5-9-30-24(27)28)32-20(35)16(26)11-15-12-29-13-31-15/h12-14,16-19H,3-11,25-26H2,1-2H3,(H,29,31)(H,32,35)(H,33,37)(H,34,36)(H,38,39)(H4,27,28,30). The number of imidazole rings is 1. The molecule has 0 aliphatic heterocycles. The van der Waals surface area contributed by atoms with Crippen LogP contribution in [0.25, 0.3) is 0 Å². The molecule has 39 heavy (non-hydrogen) atoms. The second kappa shape index (κ2) is 17.7. The highest BCUT2D eigenvalue weighted by Crippen LogP contribution is 2.09. The Labute approximate surface area is 228 Å². The van der Waals surface area contributed by atoms with Crippen LogP contribution in [0.1, 0.15) is 58.1 Å². The van der Waals surface area contributed by atoms with Gasteiger partial charge >= 0.3 is 5.97 Å². The van der Waals surface area contributed by atoms with Crippen molar-refractivity contribution in [2.75, 3.05) is 13.1 Å². The molecule has 1 aromatic heterocycles. The first-order valence-corrected chi connectivity index (χ1v) is 13.1. The first kappa shape index (κ1) is 33.3. The minimum Gasteiger partial charge on any atom is -0.480 e. The summed E-state index contributed by atoms with van der Waals surface area (Å²) >= 11 is 0. The Kier molecular flexibility index (Phi) is 15.1. The van der Waals surface area contributed by atoms with E-state index in [1.807, 2.05) is 13.8 Å². The number of aromatic amines is 1. The summed E-state index contributed by atoms with van der Waals surface area (Å²) in [6.45, 7) is 4.37. The zero-order valence-corrected chi connectivity index (χ0v) is 22.7. The van der Waals surface area contributed by atoms with Crippen molar-refractivity contribution in [3.63, 3.8) is 0 Å². The fourth-order valence-corrected chi connectivity index (χ4v) is 3.77. The third-order valence-electron chi connectivity index (χ3n) is 5.81. The van der Waals surface area contributed by atoms with Gasteiger partial charge in [-0.25, -0.2) is 9.78 Å². The number of guanidine groups is 1. The molecule has 13 N–H and O–H groups in total. The van der Waals surface area contributed by atoms with Gasteiger partial charge in [0.05, 0.1) is 12.4 Å². The van der Waals surface area contributed by atoms with E-state index in [2.05, 4.69) is 30.9 Å². The van der Waals surface area contributed by atoms with Crippen molar-refractivity contribution in [1.29, 1.82) is 0 Å². The van der Waals surface area contributed by atoms with Gasteiger partial charge in [0.15, 0.2) is 5.96 Å². The number of nitrogens with zero attached hydrogens (tertiary/aromatic N) is 2. The lowest BCUT2D eigenvalue weighted by molar-refractivity contribution is -0.142. The van der Waals surface area contributed by atoms with Crippen LogP contribution in [0, 0.1) is 5.92 Å². The summed E-state index contributed by atoms with van der Waals surface area (Å²) in [6, 6.07) is -4.14. The van der Waals surface area contributed by atoms with Crippen molar-refractivity contribution in [3.05, 3.63) is 18.2 Å². The van der Waals surface area contributed by atoms with Gasteiger partial charge in [0.2, 0.25) is 17.7 Å². The highest BCUT2D eigenvalue weighted by atomic mass is 16.4. The zero-order chi connectivity index (χ0) is 29.4. The summed E-state index contributed by atoms with van der Waals surface area (Å²) in [4.78, 5) is 61.5. The molecule has 15 nitrogen and oxygen atoms in total. The number of aliphatic carboxylic acids is 1. The molecule has 0 bridgehead atoms. The van der Waals surface area contributed by atoms with Crippen LogP contribution in [0.4, 0.5) is 0 Å². The van der Waals surface area contributed by atoms with Gasteiger partial charge in [-0.1, -0.05) is 13.8 Å². The molecule has 1 heterocycles. The van der Waals surface area contributed by atoms with E-state index in [0.29, 0.717) is 31.5 Å². The second-order valence-corrected chi connectivity index (χ2v) is 9.77. The number of carbonyl (C=O) groups is 4. The van der Waals surface area contributed by atoms with Crippen molar-refractivity contribution in [1.82, 2.24) is 25.9 Å². The number of unbranched alkanes of at least 4 members (excludes halogenated alkanes) is 1. The van der Waals surface area contributed by atoms with E-state index in [4.69, 9.17) is 22.9 Å². The smallest absolute Gasteiger partial charge is 0.326 e. The normalized spacial score (nSPS) is 14.1. The van der Waals surface area contributed by atoms with Gasteiger partial charge in [-0.05, 0) is 51.0 Å². The lowest BCUT2D eigenvalue weighted by atomic mass is 10.0. The molecule has 0 aromatic carbocycles. The van der Waals surface area contributed by atoms with E-state index >= 15 is 0 Å². The maximum absolute atomic E-state index is 13.3. The van der Waals surface area contributed by atoms with Crippen LogP contribution < -0.4 is 38.9 Å². The minimum absolute atomic E-state index is 0.000645. The third-order valence-corrected chi connectivity index (χ3v) is 5.81. The Balaban J connectivity index is 2.98. The predicted molar refractivity (Wildman–Crippen MR) is 146 cm³/mol. The van der Waals surface area contributed by atoms with Crippen LogP contribution in [-0.4, -0.2) is 82.0 Å². The Morgan fingerprint density at radius 2 is 1.59 bits per heavy atom. The van der Waals surface area contributed by atoms with Gasteiger partial charge in [-0.2, -0.15) is 0 Å². The van der Waals surface area contributed by atoms with E-state index in [0.717, 1.165) is 0 Å². The van der Waals surface area contributed by atoms with Crippen LogP contribution in [-0.2, 0) is 25.6 Å². The molecule has 0 radical (unpaired) electrons. The van der Waals surface area contributed by atoms with Gasteiger partial charge in [0, 0.05) is 24.9 Å². The van der Waals surface area contributed by atoms with Crippen LogP contribution >= 0.6 is 0 Å². The lowest BCUT2D eigenvalue weighted by Gasteiger charge is -2.26. The highest BCUT2D eigenvalue weighted by Gasteiger charge is 2.30. The number of rotatable bonds is 19. The van der Waals surface area contributed by atoms with Crippen molar-refractivity contribution in [3.8, 4) is 0 Å². The number of amides is 3. The molecule has 3 amide bonds. The summed E-state index contributed by atoms with van der Waals surface area (Å²) in [6.07, 6.45) is 5.31. The fourth-order valence-electron chi connectivity index (χ4n) is 3.77. The number of hydrogen-bond acceptors (Lipinski definition) is 8. The van der Waals surface area contributed by atoms with E-state index in [9.17, 15) is 24.3 Å². The topological polar surface area (TPSA) is 270 Å². The van der Waals surface area contributed by atoms with Crippen molar-refractivity contribution in [2.24, 2.45) is 33.8 Å². The average Bonchev–Trinajstić information content (AvgIpc) is 3.37. The maximum Gasteiger partial charge on any atom is 0.326 e. The van der Waals surface area contributed by atoms with Crippen molar-refractivity contribution >= 4 is 29.7 Å². The molecule has 4 atom stereocenters. The molecule has 0 fully saturated rings. The number of aromatic nitrogens is 2.